The van der Waals surface area contributed by atoms with Crippen LogP contribution in [0.3, 0.4) is 0 Å². The van der Waals surface area contributed by atoms with Gasteiger partial charge in [-0.2, -0.15) is 0 Å². The third-order valence-corrected chi connectivity index (χ3v) is 3.09. The Morgan fingerprint density at radius 3 is 2.26 bits per heavy atom. The highest BCUT2D eigenvalue weighted by Gasteiger charge is 2.34. The van der Waals surface area contributed by atoms with E-state index in [0.29, 0.717) is 17.6 Å². The minimum Gasteiger partial charge on any atom is -0.497 e. The number of carbonyl (C=O) groups is 2. The Kier molecular flexibility index (Phi) is 3.69. The molecule has 0 saturated heterocycles. The molecular weight excluding hydrogens is 244 g/mol. The molecule has 0 radical (unpaired) electrons. The van der Waals surface area contributed by atoms with Gasteiger partial charge in [-0.05, 0) is 23.6 Å². The number of hydrogen-bond acceptors (Lipinski definition) is 4. The topological polar surface area (TPSA) is 52.6 Å². The van der Waals surface area contributed by atoms with Crippen LogP contribution >= 0.6 is 0 Å². The molecule has 0 aromatic heterocycles. The van der Waals surface area contributed by atoms with Crippen molar-refractivity contribution >= 4 is 11.9 Å². The second-order valence-corrected chi connectivity index (χ2v) is 4.75. The maximum absolute atomic E-state index is 11.7. The van der Waals surface area contributed by atoms with Crippen molar-refractivity contribution in [3.63, 3.8) is 0 Å². The summed E-state index contributed by atoms with van der Waals surface area (Å²) in [5.41, 5.74) is 1.89. The van der Waals surface area contributed by atoms with Crippen molar-refractivity contribution < 1.29 is 19.1 Å². The summed E-state index contributed by atoms with van der Waals surface area (Å²) in [5, 5.41) is 0. The zero-order chi connectivity index (χ0) is 14.0. The van der Waals surface area contributed by atoms with Crippen LogP contribution in [0.4, 0.5) is 0 Å². The van der Waals surface area contributed by atoms with Crippen LogP contribution in [0.2, 0.25) is 0 Å². The molecule has 0 unspecified atom stereocenters. The van der Waals surface area contributed by atoms with E-state index in [1.165, 1.54) is 0 Å². The van der Waals surface area contributed by atoms with Gasteiger partial charge in [0.05, 0.1) is 18.3 Å². The number of cyclic esters (lactones) is 2. The fraction of sp³-hybridized carbons (Fsp3) is 0.333. The summed E-state index contributed by atoms with van der Waals surface area (Å²) >= 11 is 0. The molecule has 100 valence electrons. The highest BCUT2D eigenvalue weighted by Crippen LogP contribution is 2.27. The van der Waals surface area contributed by atoms with E-state index in [1.54, 1.807) is 7.11 Å². The minimum atomic E-state index is -0.524. The minimum absolute atomic E-state index is 0.0211. The predicted octanol–water partition coefficient (Wildman–Crippen LogP) is 2.27. The van der Waals surface area contributed by atoms with Crippen LogP contribution in [-0.4, -0.2) is 19.0 Å². The number of hydrogen-bond donors (Lipinski definition) is 0. The SMILES string of the molecule is COc1ccc(CC2=C(C(C)C)C(=O)OC2=O)cc1. The molecule has 4 nitrogen and oxygen atoms in total. The van der Waals surface area contributed by atoms with Crippen LogP contribution in [0, 0.1) is 5.92 Å². The highest BCUT2D eigenvalue weighted by atomic mass is 16.6. The standard InChI is InChI=1S/C15H16O4/c1-9(2)13-12(14(16)19-15(13)17)8-10-4-6-11(18-3)7-5-10/h4-7,9H,8H2,1-3H3. The molecule has 0 spiro atoms. The van der Waals surface area contributed by atoms with Crippen LogP contribution in [0.15, 0.2) is 35.4 Å². The Hall–Kier alpha value is -2.10. The first-order chi connectivity index (χ1) is 9.02. The van der Waals surface area contributed by atoms with Crippen LogP contribution in [0.1, 0.15) is 19.4 Å². The molecule has 1 aliphatic heterocycles. The van der Waals surface area contributed by atoms with Gasteiger partial charge in [0, 0.05) is 6.42 Å². The van der Waals surface area contributed by atoms with Gasteiger partial charge in [0.2, 0.25) is 0 Å². The summed E-state index contributed by atoms with van der Waals surface area (Å²) in [4.78, 5) is 23.3. The van der Waals surface area contributed by atoms with Crippen molar-refractivity contribution in [2.45, 2.75) is 20.3 Å². The van der Waals surface area contributed by atoms with Gasteiger partial charge in [-0.1, -0.05) is 26.0 Å². The molecule has 1 aromatic carbocycles. The number of rotatable bonds is 4. The van der Waals surface area contributed by atoms with Crippen molar-refractivity contribution in [1.29, 1.82) is 0 Å². The second-order valence-electron chi connectivity index (χ2n) is 4.75. The lowest BCUT2D eigenvalue weighted by molar-refractivity contribution is -0.151. The molecule has 0 N–H and O–H groups in total. The van der Waals surface area contributed by atoms with Crippen molar-refractivity contribution in [2.24, 2.45) is 5.92 Å². The quantitative estimate of drug-likeness (QED) is 0.615. The Balaban J connectivity index is 2.29. The van der Waals surface area contributed by atoms with E-state index in [0.717, 1.165) is 11.3 Å². The predicted molar refractivity (Wildman–Crippen MR) is 69.7 cm³/mol. The zero-order valence-electron chi connectivity index (χ0n) is 11.2. The fourth-order valence-corrected chi connectivity index (χ4v) is 2.13. The molecule has 2 rings (SSSR count). The van der Waals surface area contributed by atoms with E-state index < -0.39 is 11.9 Å². The van der Waals surface area contributed by atoms with Crippen molar-refractivity contribution in [1.82, 2.24) is 0 Å². The van der Waals surface area contributed by atoms with Crippen molar-refractivity contribution in [3.05, 3.63) is 41.0 Å². The number of benzene rings is 1. The number of methoxy groups -OCH3 is 1. The van der Waals surface area contributed by atoms with E-state index >= 15 is 0 Å². The number of esters is 2. The maximum atomic E-state index is 11.7. The third-order valence-electron chi connectivity index (χ3n) is 3.09. The lowest BCUT2D eigenvalue weighted by atomic mass is 9.94. The summed E-state index contributed by atoms with van der Waals surface area (Å²) in [5.74, 6) is -0.299. The Bertz CT molecular complexity index is 538. The Morgan fingerprint density at radius 2 is 1.74 bits per heavy atom. The summed E-state index contributed by atoms with van der Waals surface area (Å²) < 4.78 is 9.77. The van der Waals surface area contributed by atoms with E-state index in [9.17, 15) is 9.59 Å². The average molecular weight is 260 g/mol. The second kappa shape index (κ2) is 5.26. The Morgan fingerprint density at radius 1 is 1.11 bits per heavy atom. The molecule has 0 aliphatic carbocycles. The monoisotopic (exact) mass is 260 g/mol. The summed E-state index contributed by atoms with van der Waals surface area (Å²) in [7, 11) is 1.60. The largest absolute Gasteiger partial charge is 0.497 e. The van der Waals surface area contributed by atoms with Gasteiger partial charge in [-0.25, -0.2) is 9.59 Å². The van der Waals surface area contributed by atoms with Crippen molar-refractivity contribution in [3.8, 4) is 5.75 Å². The van der Waals surface area contributed by atoms with E-state index in [2.05, 4.69) is 4.74 Å². The molecule has 0 saturated carbocycles. The molecule has 0 bridgehead atoms. The first kappa shape index (κ1) is 13.3. The summed E-state index contributed by atoms with van der Waals surface area (Å²) in [6, 6.07) is 7.40. The zero-order valence-corrected chi connectivity index (χ0v) is 11.2. The van der Waals surface area contributed by atoms with E-state index in [1.807, 2.05) is 38.1 Å². The first-order valence-electron chi connectivity index (χ1n) is 6.15. The summed E-state index contributed by atoms with van der Waals surface area (Å²) in [6.07, 6.45) is 0.405. The van der Waals surface area contributed by atoms with Gasteiger partial charge in [0.25, 0.3) is 0 Å². The number of carbonyl (C=O) groups excluding carboxylic acids is 2. The van der Waals surface area contributed by atoms with Gasteiger partial charge in [-0.15, -0.1) is 0 Å². The molecule has 0 fully saturated rings. The van der Waals surface area contributed by atoms with Gasteiger partial charge >= 0.3 is 11.9 Å². The molecular formula is C15H16O4. The first-order valence-corrected chi connectivity index (χ1v) is 6.15. The van der Waals surface area contributed by atoms with Crippen LogP contribution in [0.25, 0.3) is 0 Å². The molecule has 0 atom stereocenters. The number of ether oxygens (including phenoxy) is 2. The molecule has 19 heavy (non-hydrogen) atoms. The molecule has 1 aromatic rings. The van der Waals surface area contributed by atoms with Gasteiger partial charge in [0.1, 0.15) is 5.75 Å². The van der Waals surface area contributed by atoms with Gasteiger partial charge < -0.3 is 9.47 Å². The fourth-order valence-electron chi connectivity index (χ4n) is 2.13. The summed E-state index contributed by atoms with van der Waals surface area (Å²) in [6.45, 7) is 3.76. The molecule has 1 heterocycles. The lowest BCUT2D eigenvalue weighted by Crippen LogP contribution is -2.05. The van der Waals surface area contributed by atoms with Gasteiger partial charge in [-0.3, -0.25) is 0 Å². The third kappa shape index (κ3) is 2.67. The highest BCUT2D eigenvalue weighted by molar-refractivity contribution is 6.12. The van der Waals surface area contributed by atoms with Crippen molar-refractivity contribution in [2.75, 3.05) is 7.11 Å². The molecule has 0 amide bonds. The van der Waals surface area contributed by atoms with E-state index in [4.69, 9.17) is 4.74 Å². The lowest BCUT2D eigenvalue weighted by Gasteiger charge is -2.06. The Labute approximate surface area is 112 Å². The van der Waals surface area contributed by atoms with E-state index in [-0.39, 0.29) is 5.92 Å². The normalized spacial score (nSPS) is 15.2. The maximum Gasteiger partial charge on any atom is 0.342 e. The van der Waals surface area contributed by atoms with Crippen LogP contribution in [0.5, 0.6) is 5.75 Å². The molecule has 1 aliphatic rings. The molecule has 4 heteroatoms. The van der Waals surface area contributed by atoms with Crippen LogP contribution < -0.4 is 4.74 Å². The van der Waals surface area contributed by atoms with Crippen LogP contribution in [-0.2, 0) is 20.7 Å². The average Bonchev–Trinajstić information content (AvgIpc) is 2.65. The van der Waals surface area contributed by atoms with Gasteiger partial charge in [0.15, 0.2) is 0 Å². The smallest absolute Gasteiger partial charge is 0.342 e.